The third-order valence-electron chi connectivity index (χ3n) is 0.365. The Morgan fingerprint density at radius 1 is 1.33 bits per heavy atom. The summed E-state index contributed by atoms with van der Waals surface area (Å²) in [4.78, 5) is 1.71. The van der Waals surface area contributed by atoms with Crippen molar-refractivity contribution in [2.24, 2.45) is 0 Å². The molecule has 0 aliphatic heterocycles. The molecule has 0 aromatic rings. The molecule has 0 aliphatic carbocycles. The molecule has 1 nitrogen and oxygen atoms in total. The Labute approximate surface area is 94.7 Å². The van der Waals surface area contributed by atoms with Gasteiger partial charge in [-0.15, -0.1) is 0 Å². The molecular weight excluding hydrogens is 382 g/mol. The van der Waals surface area contributed by atoms with Gasteiger partial charge < -0.3 is 54.6 Å². The maximum absolute atomic E-state index is 4.56. The molecule has 60 valence electrons. The monoisotopic (exact) mass is 387 g/mol. The standard InChI is InChI=1S/C3H7NS2.Au.2ClH/c1-4(2)3(5)6;;;/h1-2H3,(H,5,6);;2*1H/q;+3;;/p-3. The van der Waals surface area contributed by atoms with E-state index in [0.29, 0.717) is 4.32 Å². The second-order valence-corrected chi connectivity index (χ2v) is 2.19. The van der Waals surface area contributed by atoms with Gasteiger partial charge in [0, 0.05) is 14.1 Å². The maximum atomic E-state index is 4.56. The molecule has 0 aromatic heterocycles. The second-order valence-electron chi connectivity index (χ2n) is 1.16. The minimum atomic E-state index is 0. The molecule has 0 aliphatic rings. The molecule has 0 bridgehead atoms. The predicted octanol–water partition coefficient (Wildman–Crippen LogP) is -5.61. The second kappa shape index (κ2) is 12.1. The van der Waals surface area contributed by atoms with Crippen LogP contribution in [0.25, 0.3) is 0 Å². The first-order valence-electron chi connectivity index (χ1n) is 1.53. The third kappa shape index (κ3) is 17.7. The zero-order chi connectivity index (χ0) is 5.15. The van der Waals surface area contributed by atoms with Crippen LogP contribution < -0.4 is 24.8 Å². The fourth-order valence-corrected chi connectivity index (χ4v) is 0. The van der Waals surface area contributed by atoms with Crippen LogP contribution in [0.5, 0.6) is 0 Å². The number of rotatable bonds is 0. The normalized spacial score (nSPS) is 5.11. The van der Waals surface area contributed by atoms with E-state index in [2.05, 4.69) is 24.8 Å². The Balaban J connectivity index is -0.0000000417. The van der Waals surface area contributed by atoms with E-state index < -0.39 is 0 Å². The molecule has 0 amide bonds. The van der Waals surface area contributed by atoms with E-state index in [1.807, 2.05) is 14.1 Å². The summed E-state index contributed by atoms with van der Waals surface area (Å²) in [7, 11) is 3.66. The van der Waals surface area contributed by atoms with E-state index in [-0.39, 0.29) is 47.2 Å². The van der Waals surface area contributed by atoms with Crippen LogP contribution >= 0.6 is 12.2 Å². The summed E-state index contributed by atoms with van der Waals surface area (Å²) < 4.78 is 0.509. The molecule has 0 aromatic carbocycles. The van der Waals surface area contributed by atoms with E-state index in [1.165, 1.54) is 0 Å². The minimum Gasteiger partial charge on any atom is -1.00 e. The summed E-state index contributed by atoms with van der Waals surface area (Å²) in [5.41, 5.74) is 0. The molecule has 0 atom stereocenters. The van der Waals surface area contributed by atoms with Crippen molar-refractivity contribution in [1.29, 1.82) is 0 Å². The zero-order valence-electron chi connectivity index (χ0n) is 4.82. The van der Waals surface area contributed by atoms with E-state index in [1.54, 1.807) is 4.90 Å². The van der Waals surface area contributed by atoms with Gasteiger partial charge in [-0.05, 0) is 0 Å². The van der Waals surface area contributed by atoms with Crippen molar-refractivity contribution in [2.45, 2.75) is 0 Å². The van der Waals surface area contributed by atoms with Crippen LogP contribution in [0, 0.1) is 0 Å². The van der Waals surface area contributed by atoms with Crippen LogP contribution in [0.4, 0.5) is 0 Å². The van der Waals surface area contributed by atoms with Crippen molar-refractivity contribution >= 4 is 29.2 Å². The number of halogens is 2. The van der Waals surface area contributed by atoms with Gasteiger partial charge in [0.05, 0.1) is 0 Å². The van der Waals surface area contributed by atoms with Gasteiger partial charge in [-0.1, -0.05) is 4.32 Å². The van der Waals surface area contributed by atoms with Crippen molar-refractivity contribution in [3.63, 3.8) is 0 Å². The quantitative estimate of drug-likeness (QED) is 0.232. The SMILES string of the molecule is CN(C)C(=S)[S-].[Au+3].[Cl-].[Cl-]. The average Bonchev–Trinajstić information content (AvgIpc) is 1.36. The fourth-order valence-electron chi connectivity index (χ4n) is 0. The number of hydrogen-bond acceptors (Lipinski definition) is 2. The molecule has 0 N–H and O–H groups in total. The number of hydrogen-bond donors (Lipinski definition) is 0. The molecule has 0 radical (unpaired) electrons. The Kier molecular flexibility index (Phi) is 30.3. The number of thiocarbonyl (C=S) groups is 1. The molecule has 0 heterocycles. The first-order chi connectivity index (χ1) is 2.64. The first-order valence-corrected chi connectivity index (χ1v) is 2.34. The summed E-state index contributed by atoms with van der Waals surface area (Å²) in [5, 5.41) is 0. The van der Waals surface area contributed by atoms with Gasteiger partial charge in [0.2, 0.25) is 0 Å². The summed E-state index contributed by atoms with van der Waals surface area (Å²) in [6.45, 7) is 0. The molecule has 0 unspecified atom stereocenters. The predicted molar refractivity (Wildman–Crippen MR) is 33.6 cm³/mol. The molecule has 9 heavy (non-hydrogen) atoms. The summed E-state index contributed by atoms with van der Waals surface area (Å²) in [5.74, 6) is 0. The number of nitrogens with zero attached hydrogens (tertiary/aromatic N) is 1. The van der Waals surface area contributed by atoms with Crippen molar-refractivity contribution in [1.82, 2.24) is 4.90 Å². The Hall–Kier alpha value is 1.43. The van der Waals surface area contributed by atoms with Crippen LogP contribution in [0.1, 0.15) is 0 Å². The molecule has 0 spiro atoms. The van der Waals surface area contributed by atoms with Gasteiger partial charge >= 0.3 is 22.4 Å². The van der Waals surface area contributed by atoms with Gasteiger partial charge in [-0.3, -0.25) is 0 Å². The van der Waals surface area contributed by atoms with E-state index in [9.17, 15) is 0 Å². The van der Waals surface area contributed by atoms with Gasteiger partial charge in [-0.2, -0.15) is 0 Å². The van der Waals surface area contributed by atoms with Crippen molar-refractivity contribution in [3.8, 4) is 0 Å². The Morgan fingerprint density at radius 3 is 1.44 bits per heavy atom. The van der Waals surface area contributed by atoms with E-state index in [4.69, 9.17) is 0 Å². The summed E-state index contributed by atoms with van der Waals surface area (Å²) >= 11 is 9.12. The van der Waals surface area contributed by atoms with E-state index in [0.717, 1.165) is 0 Å². The van der Waals surface area contributed by atoms with Crippen molar-refractivity contribution in [2.75, 3.05) is 14.1 Å². The molecule has 0 saturated carbocycles. The molecular formula is C3H6AuCl2NS2. The summed E-state index contributed by atoms with van der Waals surface area (Å²) in [6.07, 6.45) is 0. The zero-order valence-corrected chi connectivity index (χ0v) is 10.1. The van der Waals surface area contributed by atoms with Crippen LogP contribution in [-0.4, -0.2) is 23.3 Å². The Bertz CT molecular complexity index is 70.8. The minimum absolute atomic E-state index is 0. The molecule has 0 fully saturated rings. The van der Waals surface area contributed by atoms with Gasteiger partial charge in [0.25, 0.3) is 0 Å². The third-order valence-corrected chi connectivity index (χ3v) is 1.10. The van der Waals surface area contributed by atoms with Gasteiger partial charge in [-0.25, -0.2) is 0 Å². The van der Waals surface area contributed by atoms with Gasteiger partial charge in [0.15, 0.2) is 0 Å². The van der Waals surface area contributed by atoms with Crippen LogP contribution in [0.15, 0.2) is 0 Å². The van der Waals surface area contributed by atoms with Gasteiger partial charge in [0.1, 0.15) is 0 Å². The Morgan fingerprint density at radius 2 is 1.44 bits per heavy atom. The van der Waals surface area contributed by atoms with Crippen LogP contribution in [0.3, 0.4) is 0 Å². The maximum Gasteiger partial charge on any atom is 3.00 e. The largest absolute Gasteiger partial charge is 3.00 e. The van der Waals surface area contributed by atoms with E-state index >= 15 is 0 Å². The average molecular weight is 388 g/mol. The van der Waals surface area contributed by atoms with Crippen LogP contribution in [-0.2, 0) is 35.0 Å². The molecule has 0 rings (SSSR count). The topological polar surface area (TPSA) is 3.24 Å². The molecule has 0 saturated heterocycles. The fraction of sp³-hybridized carbons (Fsp3) is 0.667. The van der Waals surface area contributed by atoms with Crippen LogP contribution in [0.2, 0.25) is 0 Å². The molecule has 6 heteroatoms. The van der Waals surface area contributed by atoms with Crippen molar-refractivity contribution in [3.05, 3.63) is 0 Å². The first kappa shape index (κ1) is 22.4. The van der Waals surface area contributed by atoms with Crippen molar-refractivity contribution < 1.29 is 47.2 Å². The summed E-state index contributed by atoms with van der Waals surface area (Å²) in [6, 6.07) is 0. The smallest absolute Gasteiger partial charge is 1.00 e.